The van der Waals surface area contributed by atoms with E-state index in [1.54, 1.807) is 19.4 Å². The predicted octanol–water partition coefficient (Wildman–Crippen LogP) is 2.59. The second kappa shape index (κ2) is 5.23. The van der Waals surface area contributed by atoms with Crippen molar-refractivity contribution < 1.29 is 14.0 Å². The van der Waals surface area contributed by atoms with Crippen LogP contribution in [0.1, 0.15) is 27.7 Å². The molecule has 22 heavy (non-hydrogen) atoms. The van der Waals surface area contributed by atoms with Gasteiger partial charge in [-0.1, -0.05) is 11.6 Å². The molecule has 0 N–H and O–H groups in total. The van der Waals surface area contributed by atoms with E-state index in [4.69, 9.17) is 25.6 Å². The maximum absolute atomic E-state index is 6.29. The first-order valence-corrected chi connectivity index (χ1v) is 7.63. The summed E-state index contributed by atoms with van der Waals surface area (Å²) >= 11 is 6.29. The number of nitrogens with zero attached hydrogens (tertiary/aromatic N) is 2. The van der Waals surface area contributed by atoms with E-state index < -0.39 is 18.3 Å². The normalized spacial score (nSPS) is 20.0. The van der Waals surface area contributed by atoms with Crippen LogP contribution in [0.15, 0.2) is 18.3 Å². The van der Waals surface area contributed by atoms with Gasteiger partial charge in [0.25, 0.3) is 0 Å². The van der Waals surface area contributed by atoms with Crippen LogP contribution >= 0.6 is 11.6 Å². The number of fused-ring (bicyclic) bond motifs is 1. The Morgan fingerprint density at radius 3 is 2.50 bits per heavy atom. The summed E-state index contributed by atoms with van der Waals surface area (Å²) in [6, 6.07) is 3.74. The van der Waals surface area contributed by atoms with Gasteiger partial charge in [-0.15, -0.1) is 0 Å². The Balaban J connectivity index is 2.11. The van der Waals surface area contributed by atoms with Gasteiger partial charge in [-0.05, 0) is 39.8 Å². The SMILES string of the molecule is COCn1c(B2OC(C)(C)C(C)(C)O2)cc2c(Cl)ccnc21. The largest absolute Gasteiger partial charge is 0.512 e. The van der Waals surface area contributed by atoms with Crippen molar-refractivity contribution >= 4 is 35.3 Å². The molecule has 0 unspecified atom stereocenters. The van der Waals surface area contributed by atoms with Crippen LogP contribution in [0.4, 0.5) is 0 Å². The van der Waals surface area contributed by atoms with Gasteiger partial charge in [-0.3, -0.25) is 0 Å². The molecule has 0 aliphatic carbocycles. The van der Waals surface area contributed by atoms with Crippen LogP contribution < -0.4 is 5.59 Å². The number of aromatic nitrogens is 2. The molecule has 3 heterocycles. The molecule has 0 bridgehead atoms. The fourth-order valence-electron chi connectivity index (χ4n) is 2.56. The molecule has 1 saturated heterocycles. The highest BCUT2D eigenvalue weighted by molar-refractivity contribution is 6.62. The second-order valence-corrected chi connectivity index (χ2v) is 6.94. The molecule has 1 fully saturated rings. The fourth-order valence-corrected chi connectivity index (χ4v) is 2.76. The van der Waals surface area contributed by atoms with Crippen LogP contribution in [0.2, 0.25) is 5.02 Å². The van der Waals surface area contributed by atoms with Crippen molar-refractivity contribution in [3.05, 3.63) is 23.4 Å². The minimum atomic E-state index is -0.481. The molecule has 0 amide bonds. The van der Waals surface area contributed by atoms with Gasteiger partial charge in [0, 0.05) is 18.7 Å². The Bertz CT molecular complexity index is 698. The summed E-state index contributed by atoms with van der Waals surface area (Å²) in [5.41, 5.74) is 0.821. The molecule has 0 aromatic carbocycles. The average Bonchev–Trinajstić information content (AvgIpc) is 2.88. The molecule has 0 saturated carbocycles. The minimum absolute atomic E-state index is 0.357. The van der Waals surface area contributed by atoms with Crippen molar-refractivity contribution in [2.24, 2.45) is 0 Å². The molecule has 5 nitrogen and oxygen atoms in total. The van der Waals surface area contributed by atoms with Gasteiger partial charge < -0.3 is 18.6 Å². The van der Waals surface area contributed by atoms with Crippen molar-refractivity contribution in [3.8, 4) is 0 Å². The topological polar surface area (TPSA) is 45.5 Å². The first-order valence-electron chi connectivity index (χ1n) is 7.25. The molecule has 0 spiro atoms. The lowest BCUT2D eigenvalue weighted by Crippen LogP contribution is -2.41. The predicted molar refractivity (Wildman–Crippen MR) is 87.5 cm³/mol. The standard InChI is InChI=1S/C15H20BClN2O3/c1-14(2)15(3,4)22-16(21-14)12-8-10-11(17)6-7-18-13(10)19(12)9-20-5/h6-8H,9H2,1-5H3. The molecule has 3 rings (SSSR count). The lowest BCUT2D eigenvalue weighted by atomic mass is 9.84. The smallest absolute Gasteiger partial charge is 0.398 e. The van der Waals surface area contributed by atoms with Gasteiger partial charge in [-0.2, -0.15) is 0 Å². The number of rotatable bonds is 3. The molecular formula is C15H20BClN2O3. The summed E-state index contributed by atoms with van der Waals surface area (Å²) in [4.78, 5) is 4.41. The number of methoxy groups -OCH3 is 1. The van der Waals surface area contributed by atoms with E-state index in [9.17, 15) is 0 Å². The van der Waals surface area contributed by atoms with E-state index in [0.29, 0.717) is 11.8 Å². The average molecular weight is 323 g/mol. The highest BCUT2D eigenvalue weighted by atomic mass is 35.5. The van der Waals surface area contributed by atoms with E-state index in [1.165, 1.54) is 0 Å². The maximum Gasteiger partial charge on any atom is 0.512 e. The summed E-state index contributed by atoms with van der Waals surface area (Å²) in [5, 5.41) is 1.52. The Kier molecular flexibility index (Phi) is 3.76. The molecular weight excluding hydrogens is 302 g/mol. The van der Waals surface area contributed by atoms with Crippen molar-refractivity contribution in [2.75, 3.05) is 7.11 Å². The van der Waals surface area contributed by atoms with Crippen molar-refractivity contribution in [1.82, 2.24) is 9.55 Å². The Labute approximate surface area is 135 Å². The summed E-state index contributed by atoms with van der Waals surface area (Å²) in [6.07, 6.45) is 1.69. The van der Waals surface area contributed by atoms with Crippen LogP contribution in [0.5, 0.6) is 0 Å². The van der Waals surface area contributed by atoms with Crippen LogP contribution in [0.3, 0.4) is 0 Å². The van der Waals surface area contributed by atoms with Gasteiger partial charge in [0.15, 0.2) is 0 Å². The molecule has 0 atom stereocenters. The number of halogens is 1. The molecule has 0 radical (unpaired) electrons. The van der Waals surface area contributed by atoms with Crippen LogP contribution in [0.25, 0.3) is 11.0 Å². The zero-order chi connectivity index (χ0) is 16.1. The van der Waals surface area contributed by atoms with Gasteiger partial charge in [-0.25, -0.2) is 4.98 Å². The van der Waals surface area contributed by atoms with Gasteiger partial charge in [0.2, 0.25) is 0 Å². The fraction of sp³-hybridized carbons (Fsp3) is 0.533. The van der Waals surface area contributed by atoms with Crippen LogP contribution in [0, 0.1) is 0 Å². The zero-order valence-electron chi connectivity index (χ0n) is 13.5. The van der Waals surface area contributed by atoms with Gasteiger partial charge >= 0.3 is 7.12 Å². The van der Waals surface area contributed by atoms with Crippen molar-refractivity contribution in [3.63, 3.8) is 0 Å². The number of pyridine rings is 1. The zero-order valence-corrected chi connectivity index (χ0v) is 14.3. The van der Waals surface area contributed by atoms with Gasteiger partial charge in [0.05, 0.1) is 21.8 Å². The van der Waals surface area contributed by atoms with Crippen molar-refractivity contribution in [1.29, 1.82) is 0 Å². The highest BCUT2D eigenvalue weighted by Crippen LogP contribution is 2.37. The second-order valence-electron chi connectivity index (χ2n) is 6.53. The molecule has 2 aromatic heterocycles. The third-order valence-electron chi connectivity index (χ3n) is 4.53. The summed E-state index contributed by atoms with van der Waals surface area (Å²) in [5.74, 6) is 0. The van der Waals surface area contributed by atoms with Crippen molar-refractivity contribution in [2.45, 2.75) is 45.6 Å². The van der Waals surface area contributed by atoms with Crippen LogP contribution in [-0.2, 0) is 20.8 Å². The summed E-state index contributed by atoms with van der Waals surface area (Å²) < 4.78 is 19.5. The van der Waals surface area contributed by atoms with E-state index in [1.807, 2.05) is 38.3 Å². The molecule has 7 heteroatoms. The van der Waals surface area contributed by atoms with Gasteiger partial charge in [0.1, 0.15) is 12.4 Å². The van der Waals surface area contributed by atoms with E-state index in [-0.39, 0.29) is 0 Å². The Hall–Kier alpha value is -1.08. The number of hydrogen-bond acceptors (Lipinski definition) is 4. The third kappa shape index (κ3) is 2.34. The Morgan fingerprint density at radius 1 is 1.27 bits per heavy atom. The lowest BCUT2D eigenvalue weighted by molar-refractivity contribution is 0.00578. The molecule has 118 valence electrons. The quantitative estimate of drug-likeness (QED) is 0.815. The van der Waals surface area contributed by atoms with E-state index in [2.05, 4.69) is 4.98 Å². The number of hydrogen-bond donors (Lipinski definition) is 0. The molecule has 2 aromatic rings. The summed E-state index contributed by atoms with van der Waals surface area (Å²) in [7, 11) is 1.16. The van der Waals surface area contributed by atoms with E-state index in [0.717, 1.165) is 16.6 Å². The highest BCUT2D eigenvalue weighted by Gasteiger charge is 2.52. The Morgan fingerprint density at radius 2 is 1.91 bits per heavy atom. The van der Waals surface area contributed by atoms with E-state index >= 15 is 0 Å². The summed E-state index contributed by atoms with van der Waals surface area (Å²) in [6.45, 7) is 8.47. The first kappa shape index (κ1) is 15.8. The maximum atomic E-state index is 6.29. The lowest BCUT2D eigenvalue weighted by Gasteiger charge is -2.32. The first-order chi connectivity index (χ1) is 10.3. The minimum Gasteiger partial charge on any atom is -0.398 e. The third-order valence-corrected chi connectivity index (χ3v) is 4.86. The monoisotopic (exact) mass is 322 g/mol. The molecule has 1 aliphatic rings. The molecule has 1 aliphatic heterocycles. The van der Waals surface area contributed by atoms with Crippen LogP contribution in [-0.4, -0.2) is 35.0 Å². The number of ether oxygens (including phenoxy) is 1.